The third-order valence-corrected chi connectivity index (χ3v) is 6.50. The van der Waals surface area contributed by atoms with E-state index < -0.39 is 11.0 Å². The molecule has 4 atom stereocenters. The highest BCUT2D eigenvalue weighted by atomic mass is 16.5. The summed E-state index contributed by atoms with van der Waals surface area (Å²) in [6.07, 6.45) is 4.75. The molecule has 6 rings (SSSR count). The summed E-state index contributed by atoms with van der Waals surface area (Å²) in [5.74, 6) is 0.357. The van der Waals surface area contributed by atoms with E-state index in [1.165, 1.54) is 0 Å². The van der Waals surface area contributed by atoms with Gasteiger partial charge in [-0.05, 0) is 62.5 Å². The first kappa shape index (κ1) is 16.1. The van der Waals surface area contributed by atoms with E-state index in [9.17, 15) is 14.7 Å². The summed E-state index contributed by atoms with van der Waals surface area (Å²) in [5, 5.41) is 11.6. The van der Waals surface area contributed by atoms with Gasteiger partial charge in [0.2, 0.25) is 5.78 Å². The van der Waals surface area contributed by atoms with Crippen LogP contribution in [-0.2, 0) is 9.53 Å². The Hall–Kier alpha value is -2.14. The molecule has 1 heterocycles. The number of carbonyl (C=O) groups excluding carboxylic acids is 2. The quantitative estimate of drug-likeness (QED) is 0.672. The van der Waals surface area contributed by atoms with Crippen molar-refractivity contribution in [2.45, 2.75) is 44.1 Å². The first-order chi connectivity index (χ1) is 12.4. The van der Waals surface area contributed by atoms with Crippen LogP contribution in [0.3, 0.4) is 0 Å². The predicted molar refractivity (Wildman–Crippen MR) is 93.6 cm³/mol. The highest BCUT2D eigenvalue weighted by molar-refractivity contribution is 5.99. The highest BCUT2D eigenvalue weighted by Crippen LogP contribution is 2.61. The van der Waals surface area contributed by atoms with E-state index >= 15 is 0 Å². The second-order valence-electron chi connectivity index (χ2n) is 8.61. The van der Waals surface area contributed by atoms with Crippen molar-refractivity contribution in [2.75, 3.05) is 6.61 Å². The van der Waals surface area contributed by atoms with E-state index in [0.29, 0.717) is 23.8 Å². The number of Topliss-reactive ketones (excluding diaryl/α,β-unsaturated/α-hetero) is 1. The van der Waals surface area contributed by atoms with Gasteiger partial charge in [-0.3, -0.25) is 9.59 Å². The minimum absolute atomic E-state index is 0.211. The number of rotatable bonds is 4. The van der Waals surface area contributed by atoms with Crippen molar-refractivity contribution in [1.82, 2.24) is 0 Å². The zero-order valence-electron chi connectivity index (χ0n) is 14.6. The highest BCUT2D eigenvalue weighted by Gasteiger charge is 2.60. The van der Waals surface area contributed by atoms with Crippen LogP contribution in [0, 0.1) is 17.3 Å². The Morgan fingerprint density at radius 2 is 1.88 bits per heavy atom. The topological polar surface area (TPSA) is 76.7 Å². The van der Waals surface area contributed by atoms with Crippen molar-refractivity contribution in [3.05, 3.63) is 36.1 Å². The van der Waals surface area contributed by atoms with Crippen LogP contribution < -0.4 is 0 Å². The van der Waals surface area contributed by atoms with Gasteiger partial charge in [-0.2, -0.15) is 0 Å². The minimum atomic E-state index is -0.716. The lowest BCUT2D eigenvalue weighted by molar-refractivity contribution is -0.195. The standard InChI is InChI=1S/C21H22O5/c22-16(18-6-15-3-1-2-4-17(15)26-18)11-25-19(23)20-7-13-5-14(8-20)10-21(24,9-13)12-20/h1-4,6,13-14,24H,5,7-12H2/t13-,14+,20?,21?. The lowest BCUT2D eigenvalue weighted by Crippen LogP contribution is -2.58. The van der Waals surface area contributed by atoms with E-state index in [1.807, 2.05) is 18.2 Å². The van der Waals surface area contributed by atoms with E-state index in [-0.39, 0.29) is 24.1 Å². The van der Waals surface area contributed by atoms with E-state index in [1.54, 1.807) is 12.1 Å². The molecule has 0 spiro atoms. The monoisotopic (exact) mass is 354 g/mol. The molecule has 4 aliphatic carbocycles. The lowest BCUT2D eigenvalue weighted by atomic mass is 9.48. The molecule has 5 nitrogen and oxygen atoms in total. The third kappa shape index (κ3) is 2.49. The molecule has 0 aliphatic heterocycles. The van der Waals surface area contributed by atoms with E-state index in [0.717, 1.165) is 37.5 Å². The second kappa shape index (κ2) is 5.43. The number of aliphatic hydroxyl groups is 1. The van der Waals surface area contributed by atoms with Crippen LogP contribution in [-0.4, -0.2) is 29.1 Å². The number of para-hydroxylation sites is 1. The van der Waals surface area contributed by atoms with Crippen molar-refractivity contribution < 1.29 is 23.8 Å². The molecular formula is C21H22O5. The summed E-state index contributed by atoms with van der Waals surface area (Å²) in [4.78, 5) is 25.2. The molecule has 0 radical (unpaired) electrons. The molecule has 136 valence electrons. The van der Waals surface area contributed by atoms with Crippen LogP contribution in [0.2, 0.25) is 0 Å². The Bertz CT molecular complexity index is 848. The normalized spacial score (nSPS) is 35.0. The molecule has 5 heteroatoms. The summed E-state index contributed by atoms with van der Waals surface area (Å²) >= 11 is 0. The van der Waals surface area contributed by atoms with Crippen LogP contribution in [0.1, 0.15) is 49.1 Å². The van der Waals surface area contributed by atoms with Crippen LogP contribution in [0.5, 0.6) is 0 Å². The van der Waals surface area contributed by atoms with Gasteiger partial charge in [0.1, 0.15) is 5.58 Å². The summed E-state index contributed by atoms with van der Waals surface area (Å²) in [5.41, 5.74) is -0.677. The summed E-state index contributed by atoms with van der Waals surface area (Å²) in [6, 6.07) is 9.08. The van der Waals surface area contributed by atoms with Crippen molar-refractivity contribution in [3.8, 4) is 0 Å². The number of carbonyl (C=O) groups is 2. The molecule has 1 aromatic carbocycles. The second-order valence-corrected chi connectivity index (χ2v) is 8.61. The van der Waals surface area contributed by atoms with Crippen LogP contribution in [0.4, 0.5) is 0 Å². The Balaban J connectivity index is 1.29. The Labute approximate surface area is 151 Å². The average molecular weight is 354 g/mol. The fraction of sp³-hybridized carbons (Fsp3) is 0.524. The molecule has 0 amide bonds. The number of benzene rings is 1. The molecule has 0 saturated heterocycles. The van der Waals surface area contributed by atoms with Crippen molar-refractivity contribution in [2.24, 2.45) is 17.3 Å². The molecule has 2 unspecified atom stereocenters. The molecule has 1 N–H and O–H groups in total. The average Bonchev–Trinajstić information content (AvgIpc) is 3.01. The molecule has 2 aromatic rings. The van der Waals surface area contributed by atoms with E-state index in [4.69, 9.17) is 9.15 Å². The van der Waals surface area contributed by atoms with Crippen molar-refractivity contribution >= 4 is 22.7 Å². The fourth-order valence-corrected chi connectivity index (χ4v) is 5.93. The van der Waals surface area contributed by atoms with Gasteiger partial charge in [0.25, 0.3) is 0 Å². The van der Waals surface area contributed by atoms with Crippen LogP contribution in [0.25, 0.3) is 11.0 Å². The summed E-state index contributed by atoms with van der Waals surface area (Å²) in [7, 11) is 0. The van der Waals surface area contributed by atoms with Crippen LogP contribution in [0.15, 0.2) is 34.7 Å². The van der Waals surface area contributed by atoms with Gasteiger partial charge in [0, 0.05) is 5.39 Å². The Morgan fingerprint density at radius 1 is 1.15 bits per heavy atom. The van der Waals surface area contributed by atoms with Gasteiger partial charge < -0.3 is 14.3 Å². The van der Waals surface area contributed by atoms with E-state index in [2.05, 4.69) is 0 Å². The van der Waals surface area contributed by atoms with Gasteiger partial charge >= 0.3 is 5.97 Å². The molecule has 4 bridgehead atoms. The van der Waals surface area contributed by atoms with Gasteiger partial charge in [0.05, 0.1) is 11.0 Å². The maximum Gasteiger partial charge on any atom is 0.312 e. The molecular weight excluding hydrogens is 332 g/mol. The van der Waals surface area contributed by atoms with Gasteiger partial charge in [-0.1, -0.05) is 18.2 Å². The van der Waals surface area contributed by atoms with Crippen molar-refractivity contribution in [1.29, 1.82) is 0 Å². The smallest absolute Gasteiger partial charge is 0.312 e. The maximum absolute atomic E-state index is 12.8. The summed E-state index contributed by atoms with van der Waals surface area (Å²) < 4.78 is 11.0. The maximum atomic E-state index is 12.8. The SMILES string of the molecule is O=C(COC(=O)C12C[C@@H]3C[C@@H](CC(O)(C3)C1)C2)c1cc2ccccc2o1. The molecule has 26 heavy (non-hydrogen) atoms. The zero-order chi connectivity index (χ0) is 17.9. The fourth-order valence-electron chi connectivity index (χ4n) is 5.93. The zero-order valence-corrected chi connectivity index (χ0v) is 14.6. The van der Waals surface area contributed by atoms with Gasteiger partial charge in [0.15, 0.2) is 12.4 Å². The number of ether oxygens (including phenoxy) is 1. The number of ketones is 1. The number of hydrogen-bond donors (Lipinski definition) is 1. The number of hydrogen-bond acceptors (Lipinski definition) is 5. The number of esters is 1. The first-order valence-corrected chi connectivity index (χ1v) is 9.36. The van der Waals surface area contributed by atoms with Gasteiger partial charge in [-0.25, -0.2) is 0 Å². The van der Waals surface area contributed by atoms with Crippen molar-refractivity contribution in [3.63, 3.8) is 0 Å². The van der Waals surface area contributed by atoms with Gasteiger partial charge in [-0.15, -0.1) is 0 Å². The largest absolute Gasteiger partial charge is 0.457 e. The molecule has 1 aromatic heterocycles. The Kier molecular flexibility index (Phi) is 3.35. The third-order valence-electron chi connectivity index (χ3n) is 6.50. The molecule has 4 aliphatic rings. The summed E-state index contributed by atoms with van der Waals surface area (Å²) in [6.45, 7) is -0.311. The number of fused-ring (bicyclic) bond motifs is 1. The minimum Gasteiger partial charge on any atom is -0.457 e. The first-order valence-electron chi connectivity index (χ1n) is 9.36. The van der Waals surface area contributed by atoms with Crippen LogP contribution >= 0.6 is 0 Å². The molecule has 4 saturated carbocycles. The lowest BCUT2D eigenvalue weighted by Gasteiger charge is -2.58. The number of furan rings is 1. The predicted octanol–water partition coefficient (Wildman–Crippen LogP) is 3.49. The molecule has 4 fully saturated rings. The Morgan fingerprint density at radius 3 is 2.58 bits per heavy atom.